The minimum Gasteiger partial charge on any atom is -0.382 e. The number of carbonyl (C=O) groups excluding carboxylic acids is 1. The van der Waals surface area contributed by atoms with E-state index in [-0.39, 0.29) is 17.4 Å². The summed E-state index contributed by atoms with van der Waals surface area (Å²) < 4.78 is 0. The highest BCUT2D eigenvalue weighted by Crippen LogP contribution is 2.17. The van der Waals surface area contributed by atoms with E-state index >= 15 is 0 Å². The Morgan fingerprint density at radius 1 is 1.32 bits per heavy atom. The summed E-state index contributed by atoms with van der Waals surface area (Å²) in [5.74, 6) is -0.120. The Morgan fingerprint density at radius 2 is 2.11 bits per heavy atom. The first-order valence-corrected chi connectivity index (χ1v) is 5.72. The second-order valence-corrected chi connectivity index (χ2v) is 4.23. The van der Waals surface area contributed by atoms with E-state index in [0.29, 0.717) is 5.69 Å². The fourth-order valence-corrected chi connectivity index (χ4v) is 1.55. The summed E-state index contributed by atoms with van der Waals surface area (Å²) in [7, 11) is 3.87. The van der Waals surface area contributed by atoms with E-state index in [2.05, 4.69) is 15.3 Å². The van der Waals surface area contributed by atoms with Gasteiger partial charge < -0.3 is 16.0 Å². The number of amides is 1. The van der Waals surface area contributed by atoms with Crippen LogP contribution in [-0.4, -0.2) is 30.0 Å². The van der Waals surface area contributed by atoms with Crippen LogP contribution >= 0.6 is 0 Å². The van der Waals surface area contributed by atoms with Crippen molar-refractivity contribution >= 4 is 23.1 Å². The molecule has 1 aromatic carbocycles. The van der Waals surface area contributed by atoms with Crippen molar-refractivity contribution in [3.8, 4) is 0 Å². The maximum atomic E-state index is 12.0. The lowest BCUT2D eigenvalue weighted by molar-refractivity contribution is 0.102. The maximum absolute atomic E-state index is 12.0. The number of hydrogen-bond donors (Lipinski definition) is 2. The van der Waals surface area contributed by atoms with Crippen LogP contribution in [0.5, 0.6) is 0 Å². The lowest BCUT2D eigenvalue weighted by Crippen LogP contribution is -2.15. The van der Waals surface area contributed by atoms with Gasteiger partial charge in [-0.05, 0) is 18.2 Å². The lowest BCUT2D eigenvalue weighted by atomic mass is 10.2. The first-order valence-electron chi connectivity index (χ1n) is 5.72. The predicted molar refractivity (Wildman–Crippen MR) is 75.2 cm³/mol. The van der Waals surface area contributed by atoms with Crippen LogP contribution in [0.2, 0.25) is 0 Å². The summed E-state index contributed by atoms with van der Waals surface area (Å²) in [5, 5.41) is 2.76. The number of nitrogens with zero attached hydrogens (tertiary/aromatic N) is 3. The zero-order chi connectivity index (χ0) is 13.8. The number of rotatable bonds is 3. The number of anilines is 3. The molecule has 19 heavy (non-hydrogen) atoms. The van der Waals surface area contributed by atoms with Crippen molar-refractivity contribution in [1.29, 1.82) is 0 Å². The normalized spacial score (nSPS) is 10.0. The molecule has 2 aromatic rings. The molecule has 0 atom stereocenters. The fourth-order valence-electron chi connectivity index (χ4n) is 1.55. The van der Waals surface area contributed by atoms with E-state index in [0.717, 1.165) is 5.69 Å². The van der Waals surface area contributed by atoms with Crippen LogP contribution in [-0.2, 0) is 0 Å². The number of nitrogens with two attached hydrogens (primary N) is 1. The molecule has 0 spiro atoms. The molecule has 0 aliphatic heterocycles. The van der Waals surface area contributed by atoms with Gasteiger partial charge >= 0.3 is 0 Å². The van der Waals surface area contributed by atoms with Gasteiger partial charge in [0.05, 0.1) is 12.4 Å². The predicted octanol–water partition coefficient (Wildman–Crippen LogP) is 1.38. The summed E-state index contributed by atoms with van der Waals surface area (Å²) in [6, 6.07) is 7.51. The highest BCUT2D eigenvalue weighted by Gasteiger charge is 2.09. The molecular formula is C13H15N5O. The second-order valence-electron chi connectivity index (χ2n) is 4.23. The van der Waals surface area contributed by atoms with Crippen LogP contribution < -0.4 is 16.0 Å². The summed E-state index contributed by atoms with van der Waals surface area (Å²) in [4.78, 5) is 21.7. The number of carbonyl (C=O) groups is 1. The number of benzene rings is 1. The summed E-state index contributed by atoms with van der Waals surface area (Å²) in [6.07, 6.45) is 2.77. The summed E-state index contributed by atoms with van der Waals surface area (Å²) >= 11 is 0. The molecule has 3 N–H and O–H groups in total. The Morgan fingerprint density at radius 3 is 2.79 bits per heavy atom. The van der Waals surface area contributed by atoms with Crippen molar-refractivity contribution in [3.05, 3.63) is 42.4 Å². The zero-order valence-electron chi connectivity index (χ0n) is 10.8. The number of aromatic nitrogens is 2. The minimum absolute atomic E-state index is 0.190. The van der Waals surface area contributed by atoms with Crippen molar-refractivity contribution < 1.29 is 4.79 Å². The van der Waals surface area contributed by atoms with E-state index < -0.39 is 0 Å². The van der Waals surface area contributed by atoms with E-state index in [4.69, 9.17) is 5.73 Å². The first-order chi connectivity index (χ1) is 9.06. The molecule has 0 aliphatic carbocycles. The molecular weight excluding hydrogens is 242 g/mol. The lowest BCUT2D eigenvalue weighted by Gasteiger charge is -2.13. The SMILES string of the molecule is CN(C)c1cccc(NC(=O)c2cncc(N)n2)c1. The van der Waals surface area contributed by atoms with Gasteiger partial charge in [-0.25, -0.2) is 4.98 Å². The van der Waals surface area contributed by atoms with E-state index in [1.807, 2.05) is 43.3 Å². The van der Waals surface area contributed by atoms with Gasteiger partial charge in [0.1, 0.15) is 11.5 Å². The molecule has 0 fully saturated rings. The average molecular weight is 257 g/mol. The Labute approximate surface area is 111 Å². The molecule has 0 aliphatic rings. The zero-order valence-corrected chi connectivity index (χ0v) is 10.8. The van der Waals surface area contributed by atoms with Crippen LogP contribution in [0.1, 0.15) is 10.5 Å². The van der Waals surface area contributed by atoms with Gasteiger partial charge in [-0.2, -0.15) is 0 Å². The molecule has 0 unspecified atom stereocenters. The largest absolute Gasteiger partial charge is 0.382 e. The highest BCUT2D eigenvalue weighted by atomic mass is 16.1. The molecule has 6 nitrogen and oxygen atoms in total. The molecule has 1 aromatic heterocycles. The van der Waals surface area contributed by atoms with Gasteiger partial charge in [-0.15, -0.1) is 0 Å². The molecule has 0 saturated carbocycles. The minimum atomic E-state index is -0.337. The van der Waals surface area contributed by atoms with Crippen LogP contribution in [0.4, 0.5) is 17.2 Å². The monoisotopic (exact) mass is 257 g/mol. The molecule has 0 saturated heterocycles. The van der Waals surface area contributed by atoms with E-state index in [1.165, 1.54) is 12.4 Å². The Balaban J connectivity index is 2.17. The molecule has 2 rings (SSSR count). The summed E-state index contributed by atoms with van der Waals surface area (Å²) in [5.41, 5.74) is 7.37. The molecule has 98 valence electrons. The third-order valence-electron chi connectivity index (χ3n) is 2.51. The molecule has 6 heteroatoms. The maximum Gasteiger partial charge on any atom is 0.275 e. The van der Waals surface area contributed by atoms with Crippen LogP contribution in [0.3, 0.4) is 0 Å². The van der Waals surface area contributed by atoms with Crippen molar-refractivity contribution in [3.63, 3.8) is 0 Å². The van der Waals surface area contributed by atoms with Crippen LogP contribution in [0.25, 0.3) is 0 Å². The highest BCUT2D eigenvalue weighted by molar-refractivity contribution is 6.03. The van der Waals surface area contributed by atoms with Crippen molar-refractivity contribution in [2.45, 2.75) is 0 Å². The van der Waals surface area contributed by atoms with Crippen LogP contribution in [0, 0.1) is 0 Å². The second kappa shape index (κ2) is 5.34. The van der Waals surface area contributed by atoms with Gasteiger partial charge in [0.15, 0.2) is 0 Å². The average Bonchev–Trinajstić information content (AvgIpc) is 2.39. The Kier molecular flexibility index (Phi) is 3.61. The molecule has 0 radical (unpaired) electrons. The van der Waals surface area contributed by atoms with Gasteiger partial charge in [0.2, 0.25) is 0 Å². The van der Waals surface area contributed by atoms with Crippen LogP contribution in [0.15, 0.2) is 36.7 Å². The number of nitrogens with one attached hydrogen (secondary N) is 1. The third-order valence-corrected chi connectivity index (χ3v) is 2.51. The first kappa shape index (κ1) is 12.8. The van der Waals surface area contributed by atoms with Crippen molar-refractivity contribution in [1.82, 2.24) is 9.97 Å². The topological polar surface area (TPSA) is 84.1 Å². The fraction of sp³-hybridized carbons (Fsp3) is 0.154. The molecule has 1 amide bonds. The Hall–Kier alpha value is -2.63. The number of hydrogen-bond acceptors (Lipinski definition) is 5. The molecule has 1 heterocycles. The van der Waals surface area contributed by atoms with E-state index in [1.54, 1.807) is 0 Å². The van der Waals surface area contributed by atoms with Gasteiger partial charge in [0.25, 0.3) is 5.91 Å². The van der Waals surface area contributed by atoms with Crippen molar-refractivity contribution in [2.24, 2.45) is 0 Å². The van der Waals surface area contributed by atoms with E-state index in [9.17, 15) is 4.79 Å². The van der Waals surface area contributed by atoms with Gasteiger partial charge in [-0.3, -0.25) is 9.78 Å². The smallest absolute Gasteiger partial charge is 0.275 e. The van der Waals surface area contributed by atoms with Gasteiger partial charge in [-0.1, -0.05) is 6.07 Å². The number of nitrogen functional groups attached to an aromatic ring is 1. The summed E-state index contributed by atoms with van der Waals surface area (Å²) in [6.45, 7) is 0. The standard InChI is InChI=1S/C13H15N5O/c1-18(2)10-5-3-4-9(6-10)16-13(19)11-7-15-8-12(14)17-11/h3-8H,1-2H3,(H2,14,17)(H,16,19). The van der Waals surface area contributed by atoms with Crippen molar-refractivity contribution in [2.75, 3.05) is 30.0 Å². The third kappa shape index (κ3) is 3.19. The molecule has 0 bridgehead atoms. The quantitative estimate of drug-likeness (QED) is 0.867. The Bertz CT molecular complexity index is 597. The van der Waals surface area contributed by atoms with Gasteiger partial charge in [0, 0.05) is 25.5 Å².